The van der Waals surface area contributed by atoms with Gasteiger partial charge in [0.15, 0.2) is 0 Å². The highest BCUT2D eigenvalue weighted by molar-refractivity contribution is 9.10. The molecule has 2 N–H and O–H groups in total. The van der Waals surface area contributed by atoms with E-state index >= 15 is 0 Å². The number of aromatic nitrogens is 2. The number of fused-ring (bicyclic) bond motifs is 1. The van der Waals surface area contributed by atoms with E-state index in [0.29, 0.717) is 11.4 Å². The van der Waals surface area contributed by atoms with Crippen molar-refractivity contribution in [3.63, 3.8) is 0 Å². The Kier molecular flexibility index (Phi) is 2.43. The average molecular weight is 294 g/mol. The largest absolute Gasteiger partial charge is 0.369 e. The van der Waals surface area contributed by atoms with Crippen LogP contribution in [0.15, 0.2) is 22.7 Å². The Labute approximate surface area is 109 Å². The highest BCUT2D eigenvalue weighted by Gasteiger charge is 2.41. The van der Waals surface area contributed by atoms with E-state index in [1.165, 1.54) is 19.3 Å². The van der Waals surface area contributed by atoms with Crippen molar-refractivity contribution in [2.24, 2.45) is 5.41 Å². The van der Waals surface area contributed by atoms with Crippen LogP contribution in [0.3, 0.4) is 0 Å². The monoisotopic (exact) mass is 293 g/mol. The summed E-state index contributed by atoms with van der Waals surface area (Å²) in [6.45, 7) is 3.26. The molecule has 1 aliphatic rings. The van der Waals surface area contributed by atoms with Gasteiger partial charge in [0.2, 0.25) is 5.95 Å². The minimum absolute atomic E-state index is 0.476. The molecule has 0 unspecified atom stereocenters. The minimum atomic E-state index is 0.476. The van der Waals surface area contributed by atoms with E-state index in [9.17, 15) is 0 Å². The van der Waals surface area contributed by atoms with E-state index in [-0.39, 0.29) is 0 Å². The second-order valence-corrected chi connectivity index (χ2v) is 5.96. The molecule has 1 saturated carbocycles. The van der Waals surface area contributed by atoms with Crippen LogP contribution in [0.1, 0.15) is 26.2 Å². The zero-order chi connectivity index (χ0) is 12.0. The van der Waals surface area contributed by atoms with Gasteiger partial charge in [-0.25, -0.2) is 4.98 Å². The molecule has 3 rings (SSSR count). The number of anilines is 1. The summed E-state index contributed by atoms with van der Waals surface area (Å²) in [5.41, 5.74) is 8.63. The zero-order valence-corrected chi connectivity index (χ0v) is 11.5. The third-order valence-electron chi connectivity index (χ3n) is 3.94. The molecule has 3 nitrogen and oxygen atoms in total. The molecular formula is C13H16BrN3. The Bertz CT molecular complexity index is 569. The van der Waals surface area contributed by atoms with E-state index in [2.05, 4.69) is 38.5 Å². The van der Waals surface area contributed by atoms with Crippen LogP contribution in [-0.4, -0.2) is 9.55 Å². The molecular weight excluding hydrogens is 278 g/mol. The number of nitrogen functional groups attached to an aromatic ring is 1. The fourth-order valence-electron chi connectivity index (χ4n) is 2.42. The first-order chi connectivity index (χ1) is 8.13. The second kappa shape index (κ2) is 3.73. The number of imidazole rings is 1. The van der Waals surface area contributed by atoms with Crippen LogP contribution >= 0.6 is 15.9 Å². The SMILES string of the molecule is CCC1(Cn2c(N)nc3ccc(Br)cc32)CC1. The molecule has 1 aromatic heterocycles. The van der Waals surface area contributed by atoms with Gasteiger partial charge in [0, 0.05) is 11.0 Å². The van der Waals surface area contributed by atoms with Gasteiger partial charge >= 0.3 is 0 Å². The average Bonchev–Trinajstić information content (AvgIpc) is 3.03. The van der Waals surface area contributed by atoms with Crippen molar-refractivity contribution < 1.29 is 0 Å². The summed E-state index contributed by atoms with van der Waals surface area (Å²) in [6, 6.07) is 6.12. The second-order valence-electron chi connectivity index (χ2n) is 5.04. The van der Waals surface area contributed by atoms with Crippen molar-refractivity contribution in [1.82, 2.24) is 9.55 Å². The van der Waals surface area contributed by atoms with Gasteiger partial charge in [-0.3, -0.25) is 0 Å². The lowest BCUT2D eigenvalue weighted by atomic mass is 10.0. The van der Waals surface area contributed by atoms with Gasteiger partial charge in [0.25, 0.3) is 0 Å². The quantitative estimate of drug-likeness (QED) is 0.940. The van der Waals surface area contributed by atoms with Crippen molar-refractivity contribution >= 4 is 32.9 Å². The van der Waals surface area contributed by atoms with Crippen molar-refractivity contribution in [3.8, 4) is 0 Å². The molecule has 1 heterocycles. The molecule has 2 aromatic rings. The first kappa shape index (κ1) is 11.1. The highest BCUT2D eigenvalue weighted by atomic mass is 79.9. The number of benzene rings is 1. The summed E-state index contributed by atoms with van der Waals surface area (Å²) in [6.07, 6.45) is 3.85. The van der Waals surface area contributed by atoms with Crippen LogP contribution in [0, 0.1) is 5.41 Å². The molecule has 0 atom stereocenters. The van der Waals surface area contributed by atoms with Gasteiger partial charge in [-0.1, -0.05) is 22.9 Å². The Morgan fingerprint density at radius 1 is 1.47 bits per heavy atom. The summed E-state index contributed by atoms with van der Waals surface area (Å²) in [5.74, 6) is 0.637. The third kappa shape index (κ3) is 1.84. The Morgan fingerprint density at radius 3 is 2.88 bits per heavy atom. The van der Waals surface area contributed by atoms with Crippen LogP contribution in [0.4, 0.5) is 5.95 Å². The van der Waals surface area contributed by atoms with Gasteiger partial charge in [0.1, 0.15) is 0 Å². The maximum absolute atomic E-state index is 6.03. The fourth-order valence-corrected chi connectivity index (χ4v) is 2.77. The molecule has 0 aliphatic heterocycles. The molecule has 0 bridgehead atoms. The summed E-state index contributed by atoms with van der Waals surface area (Å²) in [7, 11) is 0. The van der Waals surface area contributed by atoms with Gasteiger partial charge in [0.05, 0.1) is 11.0 Å². The topological polar surface area (TPSA) is 43.8 Å². The molecule has 1 fully saturated rings. The molecule has 0 amide bonds. The molecule has 90 valence electrons. The number of nitrogens with zero attached hydrogens (tertiary/aromatic N) is 2. The number of nitrogens with two attached hydrogens (primary N) is 1. The highest BCUT2D eigenvalue weighted by Crippen LogP contribution is 2.50. The predicted molar refractivity (Wildman–Crippen MR) is 73.8 cm³/mol. The molecule has 1 aliphatic carbocycles. The summed E-state index contributed by atoms with van der Waals surface area (Å²) < 4.78 is 3.24. The van der Waals surface area contributed by atoms with Crippen molar-refractivity contribution in [2.45, 2.75) is 32.7 Å². The van der Waals surface area contributed by atoms with Crippen LogP contribution in [-0.2, 0) is 6.54 Å². The van der Waals surface area contributed by atoms with Crippen molar-refractivity contribution in [2.75, 3.05) is 5.73 Å². The number of hydrogen-bond donors (Lipinski definition) is 1. The molecule has 1 aromatic carbocycles. The van der Waals surface area contributed by atoms with E-state index in [0.717, 1.165) is 22.1 Å². The molecule has 0 saturated heterocycles. The Balaban J connectivity index is 2.08. The lowest BCUT2D eigenvalue weighted by Gasteiger charge is -2.15. The minimum Gasteiger partial charge on any atom is -0.369 e. The van der Waals surface area contributed by atoms with Gasteiger partial charge < -0.3 is 10.3 Å². The summed E-state index contributed by atoms with van der Waals surface area (Å²) >= 11 is 3.51. The van der Waals surface area contributed by atoms with Crippen molar-refractivity contribution in [1.29, 1.82) is 0 Å². The molecule has 0 spiro atoms. The van der Waals surface area contributed by atoms with E-state index in [1.807, 2.05) is 12.1 Å². The zero-order valence-electron chi connectivity index (χ0n) is 9.91. The van der Waals surface area contributed by atoms with E-state index < -0.39 is 0 Å². The Hall–Kier alpha value is -1.03. The third-order valence-corrected chi connectivity index (χ3v) is 4.43. The molecule has 4 heteroatoms. The summed E-state index contributed by atoms with van der Waals surface area (Å²) in [5, 5.41) is 0. The van der Waals surface area contributed by atoms with Gasteiger partial charge in [-0.05, 0) is 42.9 Å². The van der Waals surface area contributed by atoms with E-state index in [4.69, 9.17) is 5.73 Å². The van der Waals surface area contributed by atoms with Crippen LogP contribution < -0.4 is 5.73 Å². The van der Waals surface area contributed by atoms with Crippen LogP contribution in [0.5, 0.6) is 0 Å². The standard InChI is InChI=1S/C13H16BrN3/c1-2-13(5-6-13)8-17-11-7-9(14)3-4-10(11)16-12(17)15/h3-4,7H,2,5-6,8H2,1H3,(H2,15,16). The maximum Gasteiger partial charge on any atom is 0.201 e. The van der Waals surface area contributed by atoms with E-state index in [1.54, 1.807) is 0 Å². The van der Waals surface area contributed by atoms with Gasteiger partial charge in [-0.2, -0.15) is 0 Å². The number of rotatable bonds is 3. The smallest absolute Gasteiger partial charge is 0.201 e. The van der Waals surface area contributed by atoms with Crippen LogP contribution in [0.25, 0.3) is 11.0 Å². The normalized spacial score (nSPS) is 17.5. The first-order valence-electron chi connectivity index (χ1n) is 6.05. The fraction of sp³-hybridized carbons (Fsp3) is 0.462. The lowest BCUT2D eigenvalue weighted by molar-refractivity contribution is 0.418. The molecule has 0 radical (unpaired) electrons. The number of hydrogen-bond acceptors (Lipinski definition) is 2. The number of halogens is 1. The Morgan fingerprint density at radius 2 is 2.24 bits per heavy atom. The van der Waals surface area contributed by atoms with Crippen molar-refractivity contribution in [3.05, 3.63) is 22.7 Å². The van der Waals surface area contributed by atoms with Gasteiger partial charge in [-0.15, -0.1) is 0 Å². The molecule has 17 heavy (non-hydrogen) atoms. The van der Waals surface area contributed by atoms with Crippen LogP contribution in [0.2, 0.25) is 0 Å². The predicted octanol–water partition coefficient (Wildman–Crippen LogP) is 3.57. The summed E-state index contributed by atoms with van der Waals surface area (Å²) in [4.78, 5) is 4.42. The first-order valence-corrected chi connectivity index (χ1v) is 6.84. The maximum atomic E-state index is 6.03. The lowest BCUT2D eigenvalue weighted by Crippen LogP contribution is -2.12.